The smallest absolute Gasteiger partial charge is 0.335 e. The lowest BCUT2D eigenvalue weighted by Crippen LogP contribution is -2.14. The number of benzene rings is 2. The summed E-state index contributed by atoms with van der Waals surface area (Å²) in [6.07, 6.45) is 1.96. The van der Waals surface area contributed by atoms with Crippen molar-refractivity contribution in [2.45, 2.75) is 31.1 Å². The molecule has 0 aliphatic carbocycles. The van der Waals surface area contributed by atoms with Crippen LogP contribution in [-0.4, -0.2) is 17.3 Å². The highest BCUT2D eigenvalue weighted by molar-refractivity contribution is 7.98. The van der Waals surface area contributed by atoms with Gasteiger partial charge in [-0.25, -0.2) is 4.79 Å². The molecule has 0 amide bonds. The Kier molecular flexibility index (Phi) is 3.92. The van der Waals surface area contributed by atoms with Gasteiger partial charge in [0, 0.05) is 10.5 Å². The van der Waals surface area contributed by atoms with Gasteiger partial charge in [-0.1, -0.05) is 20.8 Å². The maximum Gasteiger partial charge on any atom is 0.335 e. The van der Waals surface area contributed by atoms with Gasteiger partial charge < -0.3 is 9.52 Å². The maximum atomic E-state index is 12.9. The molecule has 0 radical (unpaired) electrons. The van der Waals surface area contributed by atoms with E-state index in [-0.39, 0.29) is 16.4 Å². The van der Waals surface area contributed by atoms with Crippen molar-refractivity contribution in [1.82, 2.24) is 0 Å². The number of carboxylic acid groups (broad SMARTS) is 1. The molecule has 0 saturated carbocycles. The molecule has 0 atom stereocenters. The molecule has 2 aromatic carbocycles. The van der Waals surface area contributed by atoms with Gasteiger partial charge in [-0.2, -0.15) is 0 Å². The van der Waals surface area contributed by atoms with Gasteiger partial charge >= 0.3 is 5.97 Å². The molecule has 3 rings (SSSR count). The minimum atomic E-state index is -1.07. The van der Waals surface area contributed by atoms with Crippen molar-refractivity contribution < 1.29 is 14.3 Å². The third kappa shape index (κ3) is 2.69. The van der Waals surface area contributed by atoms with Crippen molar-refractivity contribution >= 4 is 39.7 Å². The minimum absolute atomic E-state index is 0.0752. The molecular weight excluding hydrogens is 324 g/mol. The maximum absolute atomic E-state index is 12.9. The standard InChI is InChI=1S/C19H18O4S/c1-19(2,3)14-9-11(24-4)8-13-16(20)12-7-10(18(21)22)5-6-15(12)23-17(13)14/h5-9H,1-4H3,(H,21,22). The van der Waals surface area contributed by atoms with E-state index in [0.717, 1.165) is 10.5 Å². The van der Waals surface area contributed by atoms with Crippen LogP contribution in [0.4, 0.5) is 0 Å². The molecular formula is C19H18O4S. The van der Waals surface area contributed by atoms with E-state index in [4.69, 9.17) is 9.52 Å². The summed E-state index contributed by atoms with van der Waals surface area (Å²) in [6, 6.07) is 8.24. The predicted octanol–water partition coefficient (Wildman–Crippen LogP) is 4.66. The van der Waals surface area contributed by atoms with Gasteiger partial charge in [-0.3, -0.25) is 4.79 Å². The predicted molar refractivity (Wildman–Crippen MR) is 97.4 cm³/mol. The first-order valence-corrected chi connectivity index (χ1v) is 8.77. The second-order valence-corrected chi connectivity index (χ2v) is 7.63. The van der Waals surface area contributed by atoms with Gasteiger partial charge in [0.25, 0.3) is 0 Å². The molecule has 5 heteroatoms. The SMILES string of the molecule is CSc1cc(C(C)(C)C)c2oc3ccc(C(=O)O)cc3c(=O)c2c1. The van der Waals surface area contributed by atoms with Gasteiger partial charge in [0.2, 0.25) is 5.43 Å². The van der Waals surface area contributed by atoms with Crippen LogP contribution in [0.5, 0.6) is 0 Å². The number of aromatic carboxylic acids is 1. The molecule has 0 spiro atoms. The van der Waals surface area contributed by atoms with Crippen LogP contribution < -0.4 is 5.43 Å². The van der Waals surface area contributed by atoms with Gasteiger partial charge in [0.05, 0.1) is 16.3 Å². The van der Waals surface area contributed by atoms with Crippen LogP contribution >= 0.6 is 11.8 Å². The van der Waals surface area contributed by atoms with Crippen molar-refractivity contribution in [2.24, 2.45) is 0 Å². The topological polar surface area (TPSA) is 67.5 Å². The lowest BCUT2D eigenvalue weighted by atomic mass is 9.85. The van der Waals surface area contributed by atoms with Gasteiger partial charge in [0.1, 0.15) is 11.2 Å². The van der Waals surface area contributed by atoms with Crippen molar-refractivity contribution in [2.75, 3.05) is 6.26 Å². The summed E-state index contributed by atoms with van der Waals surface area (Å²) in [5.41, 5.74) is 1.63. The van der Waals surface area contributed by atoms with E-state index < -0.39 is 5.97 Å². The summed E-state index contributed by atoms with van der Waals surface area (Å²) >= 11 is 1.56. The number of hydrogen-bond acceptors (Lipinski definition) is 4. The summed E-state index contributed by atoms with van der Waals surface area (Å²) in [6.45, 7) is 6.22. The van der Waals surface area contributed by atoms with E-state index in [9.17, 15) is 9.59 Å². The van der Waals surface area contributed by atoms with Crippen molar-refractivity contribution in [3.8, 4) is 0 Å². The fraction of sp³-hybridized carbons (Fsp3) is 0.263. The van der Waals surface area contributed by atoms with E-state index in [1.54, 1.807) is 17.8 Å². The molecule has 0 fully saturated rings. The summed E-state index contributed by atoms with van der Waals surface area (Å²) in [5, 5.41) is 9.93. The Labute approximate surface area is 143 Å². The van der Waals surface area contributed by atoms with Crippen LogP contribution in [-0.2, 0) is 5.41 Å². The number of carboxylic acids is 1. The zero-order chi connectivity index (χ0) is 17.6. The average molecular weight is 342 g/mol. The van der Waals surface area contributed by atoms with E-state index in [2.05, 4.69) is 20.8 Å². The normalized spacial score (nSPS) is 12.0. The molecule has 0 bridgehead atoms. The van der Waals surface area contributed by atoms with E-state index in [1.807, 2.05) is 18.4 Å². The van der Waals surface area contributed by atoms with E-state index in [1.165, 1.54) is 12.1 Å². The lowest BCUT2D eigenvalue weighted by molar-refractivity contribution is 0.0697. The lowest BCUT2D eigenvalue weighted by Gasteiger charge is -2.21. The highest BCUT2D eigenvalue weighted by atomic mass is 32.2. The highest BCUT2D eigenvalue weighted by Gasteiger charge is 2.22. The van der Waals surface area contributed by atoms with Crippen LogP contribution in [0.1, 0.15) is 36.7 Å². The van der Waals surface area contributed by atoms with Crippen LogP contribution in [0.3, 0.4) is 0 Å². The molecule has 4 nitrogen and oxygen atoms in total. The number of rotatable bonds is 2. The summed E-state index contributed by atoms with van der Waals surface area (Å²) in [4.78, 5) is 25.1. The Hall–Kier alpha value is -2.27. The molecule has 1 N–H and O–H groups in total. The third-order valence-electron chi connectivity index (χ3n) is 4.03. The van der Waals surface area contributed by atoms with Gasteiger partial charge in [-0.15, -0.1) is 11.8 Å². The van der Waals surface area contributed by atoms with Crippen molar-refractivity contribution in [3.05, 3.63) is 51.7 Å². The highest BCUT2D eigenvalue weighted by Crippen LogP contribution is 2.34. The quantitative estimate of drug-likeness (QED) is 0.542. The first kappa shape index (κ1) is 16.6. The van der Waals surface area contributed by atoms with Gasteiger partial charge in [-0.05, 0) is 42.0 Å². The van der Waals surface area contributed by atoms with Crippen LogP contribution in [0, 0.1) is 0 Å². The average Bonchev–Trinajstić information content (AvgIpc) is 2.53. The number of fused-ring (bicyclic) bond motifs is 2. The third-order valence-corrected chi connectivity index (χ3v) is 4.74. The zero-order valence-corrected chi connectivity index (χ0v) is 14.8. The van der Waals surface area contributed by atoms with Crippen LogP contribution in [0.2, 0.25) is 0 Å². The molecule has 0 saturated heterocycles. The molecule has 0 aliphatic heterocycles. The Bertz CT molecular complexity index is 1030. The first-order valence-electron chi connectivity index (χ1n) is 7.55. The summed E-state index contributed by atoms with van der Waals surface area (Å²) in [5.74, 6) is -1.07. The first-order chi connectivity index (χ1) is 11.2. The van der Waals surface area contributed by atoms with E-state index >= 15 is 0 Å². The number of hydrogen-bond donors (Lipinski definition) is 1. The fourth-order valence-electron chi connectivity index (χ4n) is 2.74. The summed E-state index contributed by atoms with van der Waals surface area (Å²) in [7, 11) is 0. The van der Waals surface area contributed by atoms with Crippen LogP contribution in [0.15, 0.2) is 44.4 Å². The molecule has 124 valence electrons. The number of carbonyl (C=O) groups is 1. The second-order valence-electron chi connectivity index (χ2n) is 6.75. The molecule has 0 unspecified atom stereocenters. The Morgan fingerprint density at radius 1 is 1.12 bits per heavy atom. The Morgan fingerprint density at radius 3 is 2.42 bits per heavy atom. The molecule has 1 aromatic heterocycles. The monoisotopic (exact) mass is 342 g/mol. The molecule has 0 aliphatic rings. The summed E-state index contributed by atoms with van der Waals surface area (Å²) < 4.78 is 6.02. The molecule has 1 heterocycles. The Balaban J connectivity index is 2.49. The largest absolute Gasteiger partial charge is 0.478 e. The minimum Gasteiger partial charge on any atom is -0.478 e. The van der Waals surface area contributed by atoms with Crippen LogP contribution in [0.25, 0.3) is 21.9 Å². The molecule has 24 heavy (non-hydrogen) atoms. The fourth-order valence-corrected chi connectivity index (χ4v) is 3.21. The van der Waals surface area contributed by atoms with Crippen molar-refractivity contribution in [3.63, 3.8) is 0 Å². The molecule has 3 aromatic rings. The van der Waals surface area contributed by atoms with Crippen molar-refractivity contribution in [1.29, 1.82) is 0 Å². The number of thioether (sulfide) groups is 1. The Morgan fingerprint density at radius 2 is 1.83 bits per heavy atom. The second kappa shape index (κ2) is 5.67. The van der Waals surface area contributed by atoms with E-state index in [0.29, 0.717) is 21.9 Å². The van der Waals surface area contributed by atoms with Gasteiger partial charge in [0.15, 0.2) is 0 Å². The zero-order valence-electron chi connectivity index (χ0n) is 14.0.